The molecule has 0 aliphatic carbocycles. The van der Waals surface area contributed by atoms with E-state index in [2.05, 4.69) is 25.9 Å². The van der Waals surface area contributed by atoms with Crippen LogP contribution < -0.4 is 0 Å². The molecule has 0 saturated carbocycles. The average molecular weight is 355 g/mol. The Kier molecular flexibility index (Phi) is 3.43. The highest BCUT2D eigenvalue weighted by molar-refractivity contribution is 9.10. The van der Waals surface area contributed by atoms with Crippen molar-refractivity contribution in [1.29, 1.82) is 0 Å². The summed E-state index contributed by atoms with van der Waals surface area (Å²) in [5.74, 6) is 0. The minimum absolute atomic E-state index is 0.647. The fourth-order valence-corrected chi connectivity index (χ4v) is 2.79. The van der Waals surface area contributed by atoms with Crippen molar-refractivity contribution in [3.05, 3.63) is 56.4 Å². The van der Waals surface area contributed by atoms with Crippen LogP contribution in [-0.2, 0) is 6.54 Å². The number of rotatable bonds is 2. The van der Waals surface area contributed by atoms with Gasteiger partial charge >= 0.3 is 0 Å². The molecule has 0 fully saturated rings. The molecule has 2 aromatic heterocycles. The lowest BCUT2D eigenvalue weighted by Crippen LogP contribution is -2.00. The van der Waals surface area contributed by atoms with Crippen LogP contribution in [0.4, 0.5) is 0 Å². The molecule has 3 nitrogen and oxygen atoms in total. The van der Waals surface area contributed by atoms with Gasteiger partial charge in [-0.15, -0.1) is 0 Å². The quantitative estimate of drug-likeness (QED) is 0.685. The van der Waals surface area contributed by atoms with E-state index in [1.807, 2.05) is 34.9 Å². The molecule has 0 aliphatic heterocycles. The van der Waals surface area contributed by atoms with Crippen LogP contribution in [0, 0.1) is 4.77 Å². The van der Waals surface area contributed by atoms with Crippen molar-refractivity contribution in [3.8, 4) is 0 Å². The maximum absolute atomic E-state index is 6.00. The van der Waals surface area contributed by atoms with E-state index in [1.54, 1.807) is 6.20 Å². The third-order valence-electron chi connectivity index (χ3n) is 2.81. The molecule has 96 valence electrons. The van der Waals surface area contributed by atoms with E-state index < -0.39 is 0 Å². The summed E-state index contributed by atoms with van der Waals surface area (Å²) in [6, 6.07) is 9.70. The predicted octanol–water partition coefficient (Wildman–Crippen LogP) is 4.56. The maximum Gasteiger partial charge on any atom is 0.179 e. The summed E-state index contributed by atoms with van der Waals surface area (Å²) in [5.41, 5.74) is 2.85. The van der Waals surface area contributed by atoms with Crippen LogP contribution in [-0.4, -0.2) is 14.5 Å². The predicted molar refractivity (Wildman–Crippen MR) is 83.2 cm³/mol. The fraction of sp³-hybridized carbons (Fsp3) is 0.0769. The summed E-state index contributed by atoms with van der Waals surface area (Å²) >= 11 is 14.7. The van der Waals surface area contributed by atoms with Gasteiger partial charge in [0.25, 0.3) is 0 Å². The van der Waals surface area contributed by atoms with E-state index >= 15 is 0 Å². The van der Waals surface area contributed by atoms with Gasteiger partial charge in [-0.2, -0.15) is 0 Å². The maximum atomic E-state index is 6.00. The van der Waals surface area contributed by atoms with Gasteiger partial charge in [0.2, 0.25) is 0 Å². The standard InChI is InChI=1S/C13H9BrClN3S/c14-9-5-11-12(16-6-9)18(13(19)17-11)7-8-2-1-3-10(15)4-8/h1-6H,7H2,(H,17,19). The van der Waals surface area contributed by atoms with Crippen molar-refractivity contribution in [2.45, 2.75) is 6.54 Å². The van der Waals surface area contributed by atoms with Gasteiger partial charge in [-0.05, 0) is 51.9 Å². The zero-order valence-corrected chi connectivity index (χ0v) is 12.9. The molecule has 0 spiro atoms. The van der Waals surface area contributed by atoms with Crippen molar-refractivity contribution >= 4 is 50.9 Å². The lowest BCUT2D eigenvalue weighted by atomic mass is 10.2. The molecule has 0 aliphatic rings. The van der Waals surface area contributed by atoms with Gasteiger partial charge in [0.1, 0.15) is 0 Å². The van der Waals surface area contributed by atoms with Crippen molar-refractivity contribution in [1.82, 2.24) is 14.5 Å². The molecule has 6 heteroatoms. The van der Waals surface area contributed by atoms with Crippen molar-refractivity contribution in [2.75, 3.05) is 0 Å². The number of aromatic amines is 1. The third kappa shape index (κ3) is 2.59. The molecular weight excluding hydrogens is 346 g/mol. The monoisotopic (exact) mass is 353 g/mol. The number of aromatic nitrogens is 3. The third-order valence-corrected chi connectivity index (χ3v) is 3.80. The van der Waals surface area contributed by atoms with Crippen molar-refractivity contribution < 1.29 is 0 Å². The van der Waals surface area contributed by atoms with Gasteiger partial charge in [-0.1, -0.05) is 23.7 Å². The molecule has 2 heterocycles. The number of benzene rings is 1. The Hall–Kier alpha value is -1.17. The van der Waals surface area contributed by atoms with Crippen molar-refractivity contribution in [3.63, 3.8) is 0 Å². The zero-order chi connectivity index (χ0) is 13.4. The van der Waals surface area contributed by atoms with Crippen LogP contribution in [0.15, 0.2) is 41.0 Å². The molecule has 1 N–H and O–H groups in total. The molecule has 0 bridgehead atoms. The number of H-pyrrole nitrogens is 1. The first kappa shape index (κ1) is 12.8. The summed E-state index contributed by atoms with van der Waals surface area (Å²) in [6.45, 7) is 0.647. The van der Waals surface area contributed by atoms with Crippen LogP contribution in [0.2, 0.25) is 5.02 Å². The van der Waals surface area contributed by atoms with Crippen LogP contribution in [0.5, 0.6) is 0 Å². The molecule has 0 radical (unpaired) electrons. The van der Waals surface area contributed by atoms with Gasteiger partial charge in [-0.25, -0.2) is 4.98 Å². The smallest absolute Gasteiger partial charge is 0.179 e. The number of hydrogen-bond acceptors (Lipinski definition) is 2. The Morgan fingerprint density at radius 2 is 2.21 bits per heavy atom. The average Bonchev–Trinajstić information content (AvgIpc) is 2.65. The van der Waals surface area contributed by atoms with Crippen molar-refractivity contribution in [2.24, 2.45) is 0 Å². The number of fused-ring (bicyclic) bond motifs is 1. The lowest BCUT2D eigenvalue weighted by Gasteiger charge is -2.04. The number of halogens is 2. The van der Waals surface area contributed by atoms with Gasteiger partial charge < -0.3 is 4.98 Å². The summed E-state index contributed by atoms with van der Waals surface area (Å²) in [6.07, 6.45) is 1.76. The summed E-state index contributed by atoms with van der Waals surface area (Å²) < 4.78 is 3.54. The first-order valence-electron chi connectivity index (χ1n) is 5.62. The minimum Gasteiger partial charge on any atom is -0.329 e. The number of imidazole rings is 1. The highest BCUT2D eigenvalue weighted by Gasteiger charge is 2.07. The number of pyridine rings is 1. The van der Waals surface area contributed by atoms with Gasteiger partial charge in [0.15, 0.2) is 10.4 Å². The molecule has 1 aromatic carbocycles. The summed E-state index contributed by atoms with van der Waals surface area (Å²) in [7, 11) is 0. The van der Waals surface area contributed by atoms with E-state index in [9.17, 15) is 0 Å². The fourth-order valence-electron chi connectivity index (χ4n) is 1.98. The SMILES string of the molecule is S=c1[nH]c2cc(Br)cnc2n1Cc1cccc(Cl)c1. The van der Waals surface area contributed by atoms with E-state index in [0.29, 0.717) is 11.3 Å². The molecule has 3 rings (SSSR count). The zero-order valence-electron chi connectivity index (χ0n) is 9.73. The van der Waals surface area contributed by atoms with E-state index in [1.165, 1.54) is 0 Å². The van der Waals surface area contributed by atoms with E-state index in [-0.39, 0.29) is 0 Å². The van der Waals surface area contributed by atoms with Crippen LogP contribution in [0.1, 0.15) is 5.56 Å². The molecule has 0 unspecified atom stereocenters. The molecule has 19 heavy (non-hydrogen) atoms. The Labute approximate surface area is 128 Å². The molecule has 0 amide bonds. The molecule has 0 atom stereocenters. The number of nitrogens with zero attached hydrogens (tertiary/aromatic N) is 2. The second-order valence-electron chi connectivity index (χ2n) is 4.17. The summed E-state index contributed by atoms with van der Waals surface area (Å²) in [5, 5.41) is 0.722. The van der Waals surface area contributed by atoms with Crippen LogP contribution >= 0.6 is 39.7 Å². The topological polar surface area (TPSA) is 33.6 Å². The Bertz CT molecular complexity index is 809. The van der Waals surface area contributed by atoms with Crippen LogP contribution in [0.3, 0.4) is 0 Å². The number of nitrogens with one attached hydrogen (secondary N) is 1. The Morgan fingerprint density at radius 1 is 1.37 bits per heavy atom. The highest BCUT2D eigenvalue weighted by atomic mass is 79.9. The largest absolute Gasteiger partial charge is 0.329 e. The van der Waals surface area contributed by atoms with E-state index in [0.717, 1.165) is 26.2 Å². The normalized spacial score (nSPS) is 11.1. The van der Waals surface area contributed by atoms with E-state index in [4.69, 9.17) is 23.8 Å². The first-order chi connectivity index (χ1) is 9.13. The summed E-state index contributed by atoms with van der Waals surface area (Å²) in [4.78, 5) is 7.56. The molecular formula is C13H9BrClN3S. The first-order valence-corrected chi connectivity index (χ1v) is 7.20. The van der Waals surface area contributed by atoms with Crippen LogP contribution in [0.25, 0.3) is 11.2 Å². The molecule has 0 saturated heterocycles. The minimum atomic E-state index is 0.647. The molecule has 3 aromatic rings. The number of hydrogen-bond donors (Lipinski definition) is 1. The second kappa shape index (κ2) is 5.07. The highest BCUT2D eigenvalue weighted by Crippen LogP contribution is 2.19. The second-order valence-corrected chi connectivity index (χ2v) is 5.91. The van der Waals surface area contributed by atoms with Gasteiger partial charge in [0, 0.05) is 15.7 Å². The van der Waals surface area contributed by atoms with Gasteiger partial charge in [-0.3, -0.25) is 4.57 Å². The Morgan fingerprint density at radius 3 is 3.00 bits per heavy atom. The Balaban J connectivity index is 2.10. The van der Waals surface area contributed by atoms with Gasteiger partial charge in [0.05, 0.1) is 12.1 Å². The lowest BCUT2D eigenvalue weighted by molar-refractivity contribution is 0.801.